The van der Waals surface area contributed by atoms with Gasteiger partial charge >= 0.3 is 0 Å². The van der Waals surface area contributed by atoms with E-state index in [4.69, 9.17) is 10.5 Å². The number of carbonyl (C=O) groups is 1. The number of halogens is 1. The molecule has 0 bridgehead atoms. The van der Waals surface area contributed by atoms with Gasteiger partial charge in [0, 0.05) is 35.2 Å². The van der Waals surface area contributed by atoms with Gasteiger partial charge in [-0.15, -0.1) is 0 Å². The Morgan fingerprint density at radius 2 is 2.35 bits per heavy atom. The normalized spacial score (nSPS) is 14.3. The highest BCUT2D eigenvalue weighted by atomic mass is 79.9. The van der Waals surface area contributed by atoms with Crippen LogP contribution in [0.5, 0.6) is 5.75 Å². The fraction of sp³-hybridized carbons (Fsp3) is 0.312. The van der Waals surface area contributed by atoms with Gasteiger partial charge in [0.05, 0.1) is 19.0 Å². The van der Waals surface area contributed by atoms with E-state index in [0.29, 0.717) is 6.54 Å². The van der Waals surface area contributed by atoms with Gasteiger partial charge < -0.3 is 10.5 Å². The number of fused-ring (bicyclic) bond motifs is 1. The molecule has 0 aliphatic carbocycles. The van der Waals surface area contributed by atoms with Crippen LogP contribution in [0.2, 0.25) is 0 Å². The van der Waals surface area contributed by atoms with Crippen molar-refractivity contribution >= 4 is 21.8 Å². The van der Waals surface area contributed by atoms with Crippen LogP contribution in [0.1, 0.15) is 27.4 Å². The smallest absolute Gasteiger partial charge is 0.286 e. The molecule has 0 saturated carbocycles. The molecule has 0 fully saturated rings. The molecule has 1 aromatic carbocycles. The van der Waals surface area contributed by atoms with Crippen molar-refractivity contribution in [3.8, 4) is 5.75 Å². The third-order valence-electron chi connectivity index (χ3n) is 3.79. The van der Waals surface area contributed by atoms with Gasteiger partial charge in [0.25, 0.3) is 5.91 Å². The van der Waals surface area contributed by atoms with Gasteiger partial charge in [-0.1, -0.05) is 15.9 Å². The van der Waals surface area contributed by atoms with Crippen LogP contribution in [0, 0.1) is 6.20 Å². The standard InChI is InChI=1S/C16H16BrN4O2/c1-23-14-3-2-12(17)6-11(14)8-21-5-4-10-7-19-16(15(18)22)20-13(10)9-21/h2-3,6H,4-5,8-9H2,1H3,(H2,18,22). The van der Waals surface area contributed by atoms with Gasteiger partial charge in [0.2, 0.25) is 5.82 Å². The Bertz CT molecular complexity index is 751. The molecule has 6 nitrogen and oxygen atoms in total. The molecule has 3 rings (SSSR count). The second-order valence-electron chi connectivity index (χ2n) is 5.37. The lowest BCUT2D eigenvalue weighted by Gasteiger charge is -2.28. The maximum Gasteiger partial charge on any atom is 0.286 e. The minimum Gasteiger partial charge on any atom is -0.496 e. The lowest BCUT2D eigenvalue weighted by Crippen LogP contribution is -2.32. The third-order valence-corrected chi connectivity index (χ3v) is 4.29. The molecule has 0 atom stereocenters. The number of nitrogens with zero attached hydrogens (tertiary/aromatic N) is 3. The van der Waals surface area contributed by atoms with E-state index in [0.717, 1.165) is 46.6 Å². The number of nitrogens with two attached hydrogens (primary N) is 1. The molecule has 1 radical (unpaired) electrons. The van der Waals surface area contributed by atoms with Crippen molar-refractivity contribution < 1.29 is 9.53 Å². The minimum atomic E-state index is -0.630. The quantitative estimate of drug-likeness (QED) is 0.879. The van der Waals surface area contributed by atoms with Gasteiger partial charge in [-0.25, -0.2) is 9.97 Å². The van der Waals surface area contributed by atoms with Crippen molar-refractivity contribution in [2.75, 3.05) is 13.7 Å². The SMILES string of the molecule is COc1ccc(Br)cc1CN1CCc2[c]nc(C(N)=O)nc2C1. The molecule has 119 valence electrons. The zero-order chi connectivity index (χ0) is 16.4. The number of rotatable bonds is 4. The highest BCUT2D eigenvalue weighted by Crippen LogP contribution is 2.26. The van der Waals surface area contributed by atoms with E-state index >= 15 is 0 Å². The van der Waals surface area contributed by atoms with Crippen LogP contribution >= 0.6 is 15.9 Å². The molecule has 23 heavy (non-hydrogen) atoms. The second-order valence-corrected chi connectivity index (χ2v) is 6.28. The monoisotopic (exact) mass is 375 g/mol. The fourth-order valence-electron chi connectivity index (χ4n) is 2.65. The van der Waals surface area contributed by atoms with E-state index in [9.17, 15) is 4.79 Å². The number of ether oxygens (including phenoxy) is 1. The molecule has 1 aliphatic heterocycles. The molecular weight excluding hydrogens is 360 g/mol. The summed E-state index contributed by atoms with van der Waals surface area (Å²) in [5.74, 6) is 0.242. The minimum absolute atomic E-state index is 0.0191. The van der Waals surface area contributed by atoms with E-state index < -0.39 is 5.91 Å². The molecule has 1 aliphatic rings. The molecule has 2 aromatic rings. The Morgan fingerprint density at radius 3 is 3.09 bits per heavy atom. The maximum atomic E-state index is 11.2. The zero-order valence-corrected chi connectivity index (χ0v) is 14.3. The Kier molecular flexibility index (Phi) is 4.58. The topological polar surface area (TPSA) is 81.3 Å². The molecule has 1 aromatic heterocycles. The van der Waals surface area contributed by atoms with Gasteiger partial charge in [0.1, 0.15) is 5.75 Å². The number of hydrogen-bond acceptors (Lipinski definition) is 5. The van der Waals surface area contributed by atoms with Crippen LogP contribution in [0.3, 0.4) is 0 Å². The molecule has 0 spiro atoms. The molecule has 0 unspecified atom stereocenters. The number of primary amides is 1. The van der Waals surface area contributed by atoms with Crippen molar-refractivity contribution in [2.24, 2.45) is 5.73 Å². The number of amides is 1. The largest absolute Gasteiger partial charge is 0.496 e. The number of benzene rings is 1. The first-order valence-electron chi connectivity index (χ1n) is 7.19. The summed E-state index contributed by atoms with van der Waals surface area (Å²) in [6, 6.07) is 5.95. The van der Waals surface area contributed by atoms with Crippen LogP contribution < -0.4 is 10.5 Å². The summed E-state index contributed by atoms with van der Waals surface area (Å²) in [4.78, 5) is 21.6. The summed E-state index contributed by atoms with van der Waals surface area (Å²) in [5, 5.41) is 0. The van der Waals surface area contributed by atoms with Gasteiger partial charge in [-0.3, -0.25) is 9.69 Å². The third kappa shape index (κ3) is 3.51. The van der Waals surface area contributed by atoms with E-state index in [1.807, 2.05) is 12.1 Å². The van der Waals surface area contributed by atoms with Crippen LogP contribution in [-0.2, 0) is 19.5 Å². The lowest BCUT2D eigenvalue weighted by molar-refractivity contribution is 0.0989. The fourth-order valence-corrected chi connectivity index (χ4v) is 3.06. The summed E-state index contributed by atoms with van der Waals surface area (Å²) in [7, 11) is 1.67. The number of aromatic nitrogens is 2. The lowest BCUT2D eigenvalue weighted by atomic mass is 10.1. The first-order valence-corrected chi connectivity index (χ1v) is 7.98. The molecular formula is C16H16BrN4O2. The predicted molar refractivity (Wildman–Crippen MR) is 87.9 cm³/mol. The molecule has 2 heterocycles. The summed E-state index contributed by atoms with van der Waals surface area (Å²) in [5.41, 5.74) is 8.10. The first kappa shape index (κ1) is 15.9. The van der Waals surface area contributed by atoms with Crippen molar-refractivity contribution in [3.63, 3.8) is 0 Å². The van der Waals surface area contributed by atoms with Crippen molar-refractivity contribution in [2.45, 2.75) is 19.5 Å². The molecule has 7 heteroatoms. The summed E-state index contributed by atoms with van der Waals surface area (Å²) in [6.45, 7) is 2.24. The van der Waals surface area contributed by atoms with Crippen molar-refractivity contribution in [1.82, 2.24) is 14.9 Å². The van der Waals surface area contributed by atoms with Gasteiger partial charge in [-0.05, 0) is 24.6 Å². The van der Waals surface area contributed by atoms with Crippen molar-refractivity contribution in [3.05, 3.63) is 51.5 Å². The van der Waals surface area contributed by atoms with Gasteiger partial charge in [-0.2, -0.15) is 0 Å². The Balaban J connectivity index is 1.81. The number of carbonyl (C=O) groups excluding carboxylic acids is 1. The molecule has 0 saturated heterocycles. The average Bonchev–Trinajstić information content (AvgIpc) is 2.54. The highest BCUT2D eigenvalue weighted by molar-refractivity contribution is 9.10. The Hall–Kier alpha value is -1.99. The molecule has 2 N–H and O–H groups in total. The van der Waals surface area contributed by atoms with Crippen molar-refractivity contribution in [1.29, 1.82) is 0 Å². The average molecular weight is 376 g/mol. The van der Waals surface area contributed by atoms with E-state index in [2.05, 4.69) is 43.1 Å². The Labute approximate surface area is 142 Å². The van der Waals surface area contributed by atoms with Crippen LogP contribution in [0.15, 0.2) is 22.7 Å². The van der Waals surface area contributed by atoms with E-state index in [-0.39, 0.29) is 5.82 Å². The van der Waals surface area contributed by atoms with Crippen LogP contribution in [0.4, 0.5) is 0 Å². The van der Waals surface area contributed by atoms with E-state index in [1.54, 1.807) is 7.11 Å². The van der Waals surface area contributed by atoms with E-state index in [1.165, 1.54) is 0 Å². The summed E-state index contributed by atoms with van der Waals surface area (Å²) >= 11 is 3.49. The van der Waals surface area contributed by atoms with Gasteiger partial charge in [0.15, 0.2) is 0 Å². The zero-order valence-electron chi connectivity index (χ0n) is 12.7. The highest BCUT2D eigenvalue weighted by Gasteiger charge is 2.21. The van der Waals surface area contributed by atoms with Crippen LogP contribution in [0.25, 0.3) is 0 Å². The summed E-state index contributed by atoms with van der Waals surface area (Å²) < 4.78 is 6.43. The predicted octanol–water partition coefficient (Wildman–Crippen LogP) is 1.71. The Morgan fingerprint density at radius 1 is 1.52 bits per heavy atom. The van der Waals surface area contributed by atoms with Crippen LogP contribution in [-0.4, -0.2) is 34.4 Å². The number of hydrogen-bond donors (Lipinski definition) is 1. The second kappa shape index (κ2) is 6.64. The number of methoxy groups -OCH3 is 1. The first-order chi connectivity index (χ1) is 11.1. The molecule has 1 amide bonds. The summed E-state index contributed by atoms with van der Waals surface area (Å²) in [6.07, 6.45) is 3.68. The maximum absolute atomic E-state index is 11.2.